The van der Waals surface area contributed by atoms with E-state index in [0.717, 1.165) is 16.9 Å². The topological polar surface area (TPSA) is 47.6 Å². The second-order valence-electron chi connectivity index (χ2n) is 5.80. The summed E-state index contributed by atoms with van der Waals surface area (Å²) >= 11 is 0. The van der Waals surface area contributed by atoms with Crippen LogP contribution in [0.25, 0.3) is 0 Å². The molecule has 2 aromatic rings. The van der Waals surface area contributed by atoms with Gasteiger partial charge in [0.05, 0.1) is 18.8 Å². The van der Waals surface area contributed by atoms with E-state index in [1.165, 1.54) is 12.1 Å². The molecule has 1 amide bonds. The van der Waals surface area contributed by atoms with Crippen LogP contribution in [-0.4, -0.2) is 19.1 Å². The molecule has 2 aromatic carbocycles. The van der Waals surface area contributed by atoms with Gasteiger partial charge in [-0.3, -0.25) is 4.79 Å². The van der Waals surface area contributed by atoms with E-state index in [1.807, 2.05) is 6.92 Å². The molecular formula is C21H20FNO3. The van der Waals surface area contributed by atoms with Crippen molar-refractivity contribution in [1.29, 1.82) is 0 Å². The van der Waals surface area contributed by atoms with Crippen LogP contribution in [-0.2, 0) is 9.53 Å². The molecule has 134 valence electrons. The van der Waals surface area contributed by atoms with Gasteiger partial charge in [0.15, 0.2) is 0 Å². The minimum atomic E-state index is -0.550. The molecule has 0 bridgehead atoms. The first-order chi connectivity index (χ1) is 12.6. The summed E-state index contributed by atoms with van der Waals surface area (Å²) in [6.45, 7) is 6.54. The SMILES string of the molecule is C=CC1=C(C(=O)Nc2ccc(OCC)cc2)C(c2ccc(F)cc2)OC1. The number of nitrogens with one attached hydrogen (secondary N) is 1. The van der Waals surface area contributed by atoms with Crippen LogP contribution in [0.4, 0.5) is 10.1 Å². The summed E-state index contributed by atoms with van der Waals surface area (Å²) in [6, 6.07) is 13.1. The van der Waals surface area contributed by atoms with Gasteiger partial charge < -0.3 is 14.8 Å². The summed E-state index contributed by atoms with van der Waals surface area (Å²) in [5.41, 5.74) is 2.59. The first-order valence-electron chi connectivity index (χ1n) is 8.39. The number of amides is 1. The molecule has 26 heavy (non-hydrogen) atoms. The van der Waals surface area contributed by atoms with E-state index in [9.17, 15) is 9.18 Å². The van der Waals surface area contributed by atoms with Crippen molar-refractivity contribution in [2.75, 3.05) is 18.5 Å². The fourth-order valence-corrected chi connectivity index (χ4v) is 2.84. The van der Waals surface area contributed by atoms with E-state index in [-0.39, 0.29) is 18.3 Å². The average Bonchev–Trinajstić information content (AvgIpc) is 3.08. The molecule has 0 aromatic heterocycles. The minimum absolute atomic E-state index is 0.268. The number of anilines is 1. The van der Waals surface area contributed by atoms with Crippen molar-refractivity contribution < 1.29 is 18.7 Å². The zero-order chi connectivity index (χ0) is 18.5. The summed E-state index contributed by atoms with van der Waals surface area (Å²) in [5.74, 6) is 0.140. The Bertz CT molecular complexity index is 825. The molecule has 1 atom stereocenters. The van der Waals surface area contributed by atoms with Crippen molar-refractivity contribution in [2.24, 2.45) is 0 Å². The number of ether oxygens (including phenoxy) is 2. The summed E-state index contributed by atoms with van der Waals surface area (Å²) in [7, 11) is 0. The second kappa shape index (κ2) is 7.97. The maximum atomic E-state index is 13.2. The van der Waals surface area contributed by atoms with Crippen LogP contribution in [0, 0.1) is 5.82 Å². The second-order valence-corrected chi connectivity index (χ2v) is 5.80. The number of halogens is 1. The van der Waals surface area contributed by atoms with Crippen LogP contribution in [0.2, 0.25) is 0 Å². The Balaban J connectivity index is 1.82. The van der Waals surface area contributed by atoms with Gasteiger partial charge >= 0.3 is 0 Å². The van der Waals surface area contributed by atoms with Crippen LogP contribution in [0.1, 0.15) is 18.6 Å². The van der Waals surface area contributed by atoms with Crippen molar-refractivity contribution in [3.63, 3.8) is 0 Å². The smallest absolute Gasteiger partial charge is 0.254 e. The maximum Gasteiger partial charge on any atom is 0.254 e. The molecule has 5 heteroatoms. The molecule has 0 radical (unpaired) electrons. The van der Waals surface area contributed by atoms with Crippen molar-refractivity contribution >= 4 is 11.6 Å². The van der Waals surface area contributed by atoms with Gasteiger partial charge in [0.1, 0.15) is 17.7 Å². The Kier molecular flexibility index (Phi) is 5.49. The van der Waals surface area contributed by atoms with E-state index < -0.39 is 6.10 Å². The Morgan fingerprint density at radius 1 is 1.27 bits per heavy atom. The van der Waals surface area contributed by atoms with Crippen LogP contribution in [0.15, 0.2) is 72.3 Å². The fourth-order valence-electron chi connectivity index (χ4n) is 2.84. The largest absolute Gasteiger partial charge is 0.494 e. The van der Waals surface area contributed by atoms with Gasteiger partial charge in [-0.05, 0) is 54.5 Å². The van der Waals surface area contributed by atoms with E-state index in [4.69, 9.17) is 9.47 Å². The molecule has 0 spiro atoms. The highest BCUT2D eigenvalue weighted by Crippen LogP contribution is 2.35. The van der Waals surface area contributed by atoms with E-state index in [2.05, 4.69) is 11.9 Å². The molecule has 1 unspecified atom stereocenters. The van der Waals surface area contributed by atoms with Crippen molar-refractivity contribution in [3.05, 3.63) is 83.7 Å². The van der Waals surface area contributed by atoms with Gasteiger partial charge in [-0.15, -0.1) is 0 Å². The molecular weight excluding hydrogens is 333 g/mol. The van der Waals surface area contributed by atoms with Crippen LogP contribution in [0.3, 0.4) is 0 Å². The molecule has 4 nitrogen and oxygen atoms in total. The summed E-state index contributed by atoms with van der Waals surface area (Å²) < 4.78 is 24.3. The van der Waals surface area contributed by atoms with Gasteiger partial charge in [-0.25, -0.2) is 4.39 Å². The van der Waals surface area contributed by atoms with Gasteiger partial charge in [-0.1, -0.05) is 24.8 Å². The molecule has 1 aliphatic heterocycles. The molecule has 0 aliphatic carbocycles. The fraction of sp³-hybridized carbons (Fsp3) is 0.190. The van der Waals surface area contributed by atoms with Crippen molar-refractivity contribution in [2.45, 2.75) is 13.0 Å². The maximum absolute atomic E-state index is 13.2. The van der Waals surface area contributed by atoms with Gasteiger partial charge in [0.2, 0.25) is 0 Å². The monoisotopic (exact) mass is 353 g/mol. The van der Waals surface area contributed by atoms with Crippen LogP contribution < -0.4 is 10.1 Å². The molecule has 0 saturated carbocycles. The van der Waals surface area contributed by atoms with Crippen molar-refractivity contribution in [1.82, 2.24) is 0 Å². The zero-order valence-corrected chi connectivity index (χ0v) is 14.5. The number of rotatable bonds is 6. The number of carbonyl (C=O) groups is 1. The van der Waals surface area contributed by atoms with E-state index >= 15 is 0 Å². The minimum Gasteiger partial charge on any atom is -0.494 e. The summed E-state index contributed by atoms with van der Waals surface area (Å²) in [4.78, 5) is 12.8. The third-order valence-electron chi connectivity index (χ3n) is 4.10. The number of hydrogen-bond acceptors (Lipinski definition) is 3. The number of carbonyl (C=O) groups excluding carboxylic acids is 1. The Morgan fingerprint density at radius 2 is 1.96 bits per heavy atom. The highest BCUT2D eigenvalue weighted by molar-refractivity contribution is 6.05. The highest BCUT2D eigenvalue weighted by atomic mass is 19.1. The Hall–Kier alpha value is -2.92. The number of benzene rings is 2. The molecule has 0 fully saturated rings. The Morgan fingerprint density at radius 3 is 2.58 bits per heavy atom. The first-order valence-corrected chi connectivity index (χ1v) is 8.39. The Labute approximate surface area is 151 Å². The normalized spacial score (nSPS) is 16.5. The molecule has 3 rings (SSSR count). The average molecular weight is 353 g/mol. The van der Waals surface area contributed by atoms with Gasteiger partial charge in [-0.2, -0.15) is 0 Å². The highest BCUT2D eigenvalue weighted by Gasteiger charge is 2.31. The third-order valence-corrected chi connectivity index (χ3v) is 4.10. The lowest BCUT2D eigenvalue weighted by atomic mass is 9.98. The number of hydrogen-bond donors (Lipinski definition) is 1. The first kappa shape index (κ1) is 17.9. The zero-order valence-electron chi connectivity index (χ0n) is 14.5. The molecule has 1 N–H and O–H groups in total. The molecule has 0 saturated heterocycles. The lowest BCUT2D eigenvalue weighted by Crippen LogP contribution is -2.18. The molecule has 1 aliphatic rings. The van der Waals surface area contributed by atoms with Crippen molar-refractivity contribution in [3.8, 4) is 5.75 Å². The predicted molar refractivity (Wildman–Crippen MR) is 98.6 cm³/mol. The quantitative estimate of drug-likeness (QED) is 0.836. The summed E-state index contributed by atoms with van der Waals surface area (Å²) in [5, 5.41) is 2.87. The van der Waals surface area contributed by atoms with Crippen LogP contribution in [0.5, 0.6) is 5.75 Å². The van der Waals surface area contributed by atoms with E-state index in [0.29, 0.717) is 17.9 Å². The van der Waals surface area contributed by atoms with Gasteiger partial charge in [0, 0.05) is 5.69 Å². The molecule has 1 heterocycles. The van der Waals surface area contributed by atoms with Gasteiger partial charge in [0.25, 0.3) is 5.91 Å². The standard InChI is InChI=1S/C21H20FNO3/c1-3-14-13-26-20(15-5-7-16(22)8-6-15)19(14)21(24)23-17-9-11-18(12-10-17)25-4-2/h3,5-12,20H,1,4,13H2,2H3,(H,23,24). The van der Waals surface area contributed by atoms with E-state index in [1.54, 1.807) is 42.5 Å². The summed E-state index contributed by atoms with van der Waals surface area (Å²) in [6.07, 6.45) is 1.07. The third kappa shape index (κ3) is 3.83. The lowest BCUT2D eigenvalue weighted by Gasteiger charge is -2.15. The van der Waals surface area contributed by atoms with Crippen LogP contribution >= 0.6 is 0 Å². The predicted octanol–water partition coefficient (Wildman–Crippen LogP) is 4.42. The lowest BCUT2D eigenvalue weighted by molar-refractivity contribution is -0.113.